The lowest BCUT2D eigenvalue weighted by Gasteiger charge is -2.46. The first kappa shape index (κ1) is 16.8. The molecule has 2 aliphatic rings. The molecule has 4 rings (SSSR count). The Morgan fingerprint density at radius 3 is 2.50 bits per heavy atom. The van der Waals surface area contributed by atoms with Crippen LogP contribution < -0.4 is 10.9 Å². The van der Waals surface area contributed by atoms with Crippen LogP contribution in [-0.2, 0) is 10.3 Å². The third-order valence-electron chi connectivity index (χ3n) is 5.68. The second-order valence-electron chi connectivity index (χ2n) is 7.63. The van der Waals surface area contributed by atoms with Gasteiger partial charge in [-0.3, -0.25) is 20.1 Å². The zero-order chi connectivity index (χ0) is 18.5. The van der Waals surface area contributed by atoms with Crippen LogP contribution in [0.4, 0.5) is 0 Å². The number of nitrogens with zero attached hydrogens (tertiary/aromatic N) is 2. The topological polar surface area (TPSA) is 69.1 Å². The molecule has 2 fully saturated rings. The van der Waals surface area contributed by atoms with E-state index in [-0.39, 0.29) is 11.9 Å². The van der Waals surface area contributed by atoms with Crippen LogP contribution in [0.3, 0.4) is 0 Å². The number of pyridine rings is 1. The molecule has 0 unspecified atom stereocenters. The van der Waals surface area contributed by atoms with Crippen molar-refractivity contribution in [2.24, 2.45) is 0 Å². The van der Waals surface area contributed by atoms with Crippen molar-refractivity contribution in [2.45, 2.75) is 37.1 Å². The van der Waals surface area contributed by atoms with E-state index in [1.165, 1.54) is 23.3 Å². The van der Waals surface area contributed by atoms with Crippen LogP contribution in [0.25, 0.3) is 0 Å². The summed E-state index contributed by atoms with van der Waals surface area (Å²) in [5, 5.41) is 11.5. The summed E-state index contributed by atoms with van der Waals surface area (Å²) in [5.74, 6) is 0.341. The van der Waals surface area contributed by atoms with E-state index < -0.39 is 11.5 Å². The average molecular weight is 346 g/mol. The lowest BCUT2D eigenvalue weighted by molar-refractivity contribution is -0.131. The average Bonchev–Trinajstić information content (AvgIpc) is 3.46. The number of nitrogens with one attached hydrogen (secondary N) is 2. The van der Waals surface area contributed by atoms with Gasteiger partial charge in [-0.15, -0.1) is 0 Å². The highest BCUT2D eigenvalue weighted by Crippen LogP contribution is 2.43. The standard InChI is InChI=1S/C20H23BN4O/c1-20(15-9-10-23-16(21)11-15)17(18(26)25(2)19(22)24-20)14-7-5-13(6-8-14)12-3-4-12/h5-12,17H,3-4,21H2,1-2H3,(H2,22,24)/t17-,20-/m1/s1. The van der Waals surface area contributed by atoms with Crippen molar-refractivity contribution in [1.29, 1.82) is 5.41 Å². The van der Waals surface area contributed by atoms with Gasteiger partial charge in [-0.2, -0.15) is 0 Å². The highest BCUT2D eigenvalue weighted by molar-refractivity contribution is 6.30. The Labute approximate surface area is 154 Å². The molecule has 26 heavy (non-hydrogen) atoms. The normalized spacial score (nSPS) is 25.9. The summed E-state index contributed by atoms with van der Waals surface area (Å²) >= 11 is 0. The Morgan fingerprint density at radius 1 is 1.23 bits per heavy atom. The summed E-state index contributed by atoms with van der Waals surface area (Å²) in [6, 6.07) is 12.4. The second-order valence-corrected chi connectivity index (χ2v) is 7.63. The van der Waals surface area contributed by atoms with E-state index in [1.807, 2.05) is 26.9 Å². The molecule has 2 aromatic rings. The molecule has 1 aromatic heterocycles. The van der Waals surface area contributed by atoms with Crippen molar-refractivity contribution in [3.63, 3.8) is 0 Å². The number of hydrogen-bond acceptors (Lipinski definition) is 3. The fourth-order valence-electron chi connectivity index (χ4n) is 3.91. The molecule has 1 aliphatic carbocycles. The highest BCUT2D eigenvalue weighted by atomic mass is 16.2. The Morgan fingerprint density at radius 2 is 1.88 bits per heavy atom. The van der Waals surface area contributed by atoms with Gasteiger partial charge < -0.3 is 5.32 Å². The third kappa shape index (κ3) is 2.70. The Kier molecular flexibility index (Phi) is 3.86. The molecule has 6 heteroatoms. The minimum Gasteiger partial charge on any atom is -0.346 e. The van der Waals surface area contributed by atoms with Crippen LogP contribution in [0.5, 0.6) is 0 Å². The zero-order valence-electron chi connectivity index (χ0n) is 15.4. The van der Waals surface area contributed by atoms with Gasteiger partial charge in [0.05, 0.1) is 11.5 Å². The van der Waals surface area contributed by atoms with Gasteiger partial charge in [0.1, 0.15) is 0 Å². The molecule has 2 heterocycles. The Hall–Kier alpha value is -2.63. The molecule has 0 radical (unpaired) electrons. The smallest absolute Gasteiger partial charge is 0.239 e. The van der Waals surface area contributed by atoms with Crippen molar-refractivity contribution < 1.29 is 4.79 Å². The first-order chi connectivity index (χ1) is 12.4. The highest BCUT2D eigenvalue weighted by Gasteiger charge is 2.48. The molecule has 1 amide bonds. The van der Waals surface area contributed by atoms with Crippen molar-refractivity contribution in [3.05, 3.63) is 59.3 Å². The lowest BCUT2D eigenvalue weighted by atomic mass is 9.73. The molecular weight excluding hydrogens is 323 g/mol. The van der Waals surface area contributed by atoms with E-state index >= 15 is 0 Å². The molecule has 0 bridgehead atoms. The number of likely N-dealkylation sites (N-methyl/N-ethyl adjacent to an activating group) is 1. The Bertz CT molecular complexity index is 878. The van der Waals surface area contributed by atoms with E-state index in [0.29, 0.717) is 5.92 Å². The maximum Gasteiger partial charge on any atom is 0.239 e. The fourth-order valence-corrected chi connectivity index (χ4v) is 3.91. The summed E-state index contributed by atoms with van der Waals surface area (Å²) < 4.78 is 0. The number of guanidine groups is 1. The first-order valence-electron chi connectivity index (χ1n) is 9.07. The summed E-state index contributed by atoms with van der Waals surface area (Å²) in [4.78, 5) is 18.8. The van der Waals surface area contributed by atoms with Crippen LogP contribution in [0.15, 0.2) is 42.6 Å². The number of hydrogen-bond donors (Lipinski definition) is 2. The minimum atomic E-state index is -0.699. The lowest BCUT2D eigenvalue weighted by Crippen LogP contribution is -2.62. The quantitative estimate of drug-likeness (QED) is 0.821. The molecule has 2 atom stereocenters. The SMILES string of the molecule is Bc1cc([C@@]2(C)NC(=N)N(C)C(=O)[C@H]2c2ccc(C3CC3)cc2)ccn1. The summed E-state index contributed by atoms with van der Waals surface area (Å²) in [7, 11) is 3.59. The zero-order valence-corrected chi connectivity index (χ0v) is 15.4. The van der Waals surface area contributed by atoms with Crippen LogP contribution in [-0.4, -0.2) is 36.6 Å². The van der Waals surface area contributed by atoms with Crippen molar-refractivity contribution in [2.75, 3.05) is 7.05 Å². The van der Waals surface area contributed by atoms with E-state index in [0.717, 1.165) is 16.7 Å². The monoisotopic (exact) mass is 346 g/mol. The molecule has 1 aromatic carbocycles. The summed E-state index contributed by atoms with van der Waals surface area (Å²) in [6.45, 7) is 2.00. The van der Waals surface area contributed by atoms with Gasteiger partial charge in [0, 0.05) is 13.2 Å². The molecular formula is C20H23BN4O. The predicted octanol–water partition coefficient (Wildman–Crippen LogP) is 1.21. The van der Waals surface area contributed by atoms with E-state index in [9.17, 15) is 4.79 Å². The van der Waals surface area contributed by atoms with Crippen LogP contribution in [0, 0.1) is 5.41 Å². The summed E-state index contributed by atoms with van der Waals surface area (Å²) in [6.07, 6.45) is 4.28. The number of carbonyl (C=O) groups excluding carboxylic acids is 1. The molecule has 1 aliphatic heterocycles. The van der Waals surface area contributed by atoms with Crippen molar-refractivity contribution >= 4 is 25.3 Å². The van der Waals surface area contributed by atoms with Crippen LogP contribution in [0.1, 0.15) is 48.3 Å². The maximum atomic E-state index is 13.2. The largest absolute Gasteiger partial charge is 0.346 e. The number of amides is 1. The molecule has 2 N–H and O–H groups in total. The van der Waals surface area contributed by atoms with E-state index in [2.05, 4.69) is 34.6 Å². The van der Waals surface area contributed by atoms with Crippen LogP contribution >= 0.6 is 0 Å². The Balaban J connectivity index is 1.80. The van der Waals surface area contributed by atoms with Gasteiger partial charge >= 0.3 is 0 Å². The molecule has 5 nitrogen and oxygen atoms in total. The second kappa shape index (κ2) is 5.97. The maximum absolute atomic E-state index is 13.2. The number of aromatic nitrogens is 1. The van der Waals surface area contributed by atoms with E-state index in [4.69, 9.17) is 5.41 Å². The number of rotatable bonds is 3. The minimum absolute atomic E-state index is 0.0649. The van der Waals surface area contributed by atoms with Crippen molar-refractivity contribution in [1.82, 2.24) is 15.2 Å². The number of benzene rings is 1. The summed E-state index contributed by atoms with van der Waals surface area (Å²) in [5.41, 5.74) is 3.49. The van der Waals surface area contributed by atoms with Crippen molar-refractivity contribution in [3.8, 4) is 0 Å². The molecule has 1 saturated carbocycles. The van der Waals surface area contributed by atoms with Gasteiger partial charge in [0.25, 0.3) is 0 Å². The fraction of sp³-hybridized carbons (Fsp3) is 0.350. The molecule has 1 saturated heterocycles. The predicted molar refractivity (Wildman–Crippen MR) is 105 cm³/mol. The molecule has 132 valence electrons. The van der Waals surface area contributed by atoms with Gasteiger partial charge in [-0.25, -0.2) is 0 Å². The third-order valence-corrected chi connectivity index (χ3v) is 5.68. The first-order valence-corrected chi connectivity index (χ1v) is 9.07. The van der Waals surface area contributed by atoms with Gasteiger partial charge in [-0.05, 0) is 60.1 Å². The van der Waals surface area contributed by atoms with Gasteiger partial charge in [0.2, 0.25) is 5.91 Å². The van der Waals surface area contributed by atoms with Gasteiger partial charge in [0.15, 0.2) is 13.8 Å². The van der Waals surface area contributed by atoms with E-state index in [1.54, 1.807) is 13.2 Å². The van der Waals surface area contributed by atoms with Crippen LogP contribution in [0.2, 0.25) is 0 Å². The van der Waals surface area contributed by atoms with Gasteiger partial charge in [-0.1, -0.05) is 24.3 Å². The molecule has 0 spiro atoms. The number of carbonyl (C=O) groups is 1.